The predicted molar refractivity (Wildman–Crippen MR) is 223 cm³/mol. The molecule has 0 bridgehead atoms. The summed E-state index contributed by atoms with van der Waals surface area (Å²) >= 11 is 0. The molecule has 7 nitrogen and oxygen atoms in total. The van der Waals surface area contributed by atoms with Gasteiger partial charge in [-0.2, -0.15) is 0 Å². The molecule has 0 atom stereocenters. The van der Waals surface area contributed by atoms with Crippen molar-refractivity contribution in [2.75, 3.05) is 13.2 Å². The summed E-state index contributed by atoms with van der Waals surface area (Å²) in [5.74, 6) is -1.58. The third-order valence-electron chi connectivity index (χ3n) is 10.00. The Kier molecular flexibility index (Phi) is 37.1. The van der Waals surface area contributed by atoms with Crippen LogP contribution >= 0.6 is 0 Å². The molecular formula is C46H77NaO7S. The zero-order valence-electron chi connectivity index (χ0n) is 35.4. The summed E-state index contributed by atoms with van der Waals surface area (Å²) in [5.41, 5.74) is -0.366. The Morgan fingerprint density at radius 2 is 0.800 bits per heavy atom. The number of unbranched alkanes of at least 4 members (excludes halogenated alkanes) is 26. The first-order valence-corrected chi connectivity index (χ1v) is 23.5. The summed E-state index contributed by atoms with van der Waals surface area (Å²) in [6, 6.07) is 3.11. The van der Waals surface area contributed by atoms with Gasteiger partial charge in [0.05, 0.1) is 29.2 Å². The molecule has 0 amide bonds. The summed E-state index contributed by atoms with van der Waals surface area (Å²) < 4.78 is 45.7. The molecule has 310 valence electrons. The molecule has 0 aliphatic carbocycles. The third-order valence-corrected chi connectivity index (χ3v) is 10.8. The molecule has 55 heavy (non-hydrogen) atoms. The topological polar surface area (TPSA) is 110 Å². The number of benzene rings is 1. The van der Waals surface area contributed by atoms with Crippen LogP contribution in [0.15, 0.2) is 47.4 Å². The van der Waals surface area contributed by atoms with Crippen LogP contribution in [0.5, 0.6) is 0 Å². The molecule has 0 spiro atoms. The van der Waals surface area contributed by atoms with Gasteiger partial charge in [-0.15, -0.1) is 0 Å². The maximum Gasteiger partial charge on any atom is 1.00 e. The molecule has 0 heterocycles. The van der Waals surface area contributed by atoms with Crippen molar-refractivity contribution in [1.82, 2.24) is 0 Å². The minimum Gasteiger partial charge on any atom is -0.744 e. The van der Waals surface area contributed by atoms with E-state index in [2.05, 4.69) is 38.2 Å². The van der Waals surface area contributed by atoms with Crippen LogP contribution in [0.2, 0.25) is 0 Å². The molecule has 1 aromatic carbocycles. The van der Waals surface area contributed by atoms with Gasteiger partial charge in [0.15, 0.2) is 0 Å². The van der Waals surface area contributed by atoms with E-state index in [1.807, 2.05) is 0 Å². The molecule has 9 heteroatoms. The monoisotopic (exact) mass is 797 g/mol. The number of carbonyl (C=O) groups is 2. The normalized spacial score (nSPS) is 11.7. The number of hydrogen-bond acceptors (Lipinski definition) is 7. The van der Waals surface area contributed by atoms with Crippen LogP contribution < -0.4 is 29.6 Å². The Bertz CT molecular complexity index is 1240. The summed E-state index contributed by atoms with van der Waals surface area (Å²) in [5, 5.41) is 0. The Balaban J connectivity index is 0.0000292. The van der Waals surface area contributed by atoms with Gasteiger partial charge < -0.3 is 14.0 Å². The van der Waals surface area contributed by atoms with Gasteiger partial charge in [-0.25, -0.2) is 18.0 Å². The number of esters is 2. The fourth-order valence-corrected chi connectivity index (χ4v) is 7.06. The van der Waals surface area contributed by atoms with Crippen molar-refractivity contribution in [3.63, 3.8) is 0 Å². The number of rotatable bonds is 37. The SMILES string of the molecule is CCCCCCCCCCCC/C=C/CCCCCOC(=O)c1ccc(S(=O)(=O)[O-])cc1C(=O)OCCCCC/C=C/CCCCCCCCCCCC.[Na+]. The molecule has 0 unspecified atom stereocenters. The second kappa shape index (κ2) is 38.1. The second-order valence-electron chi connectivity index (χ2n) is 15.0. The molecule has 0 saturated heterocycles. The average Bonchev–Trinajstić information content (AvgIpc) is 3.16. The summed E-state index contributed by atoms with van der Waals surface area (Å²) in [6.07, 6.45) is 45.1. The maximum absolute atomic E-state index is 12.9. The first-order valence-electron chi connectivity index (χ1n) is 22.0. The zero-order valence-corrected chi connectivity index (χ0v) is 38.3. The molecular weight excluding hydrogens is 720 g/mol. The first-order chi connectivity index (χ1) is 26.3. The van der Waals surface area contributed by atoms with Crippen molar-refractivity contribution in [2.45, 2.75) is 211 Å². The van der Waals surface area contributed by atoms with E-state index in [9.17, 15) is 22.6 Å². The number of ether oxygens (including phenoxy) is 2. The van der Waals surface area contributed by atoms with Crippen LogP contribution in [-0.2, 0) is 19.6 Å². The van der Waals surface area contributed by atoms with E-state index >= 15 is 0 Å². The van der Waals surface area contributed by atoms with Gasteiger partial charge in [-0.05, 0) is 95.2 Å². The minimum atomic E-state index is -4.82. The van der Waals surface area contributed by atoms with E-state index in [-0.39, 0.29) is 53.9 Å². The van der Waals surface area contributed by atoms with Gasteiger partial charge in [-0.1, -0.05) is 154 Å². The summed E-state index contributed by atoms with van der Waals surface area (Å²) in [6.45, 7) is 4.84. The van der Waals surface area contributed by atoms with E-state index in [1.54, 1.807) is 0 Å². The van der Waals surface area contributed by atoms with Crippen molar-refractivity contribution in [2.24, 2.45) is 0 Å². The third kappa shape index (κ3) is 31.3. The van der Waals surface area contributed by atoms with Gasteiger partial charge in [0, 0.05) is 0 Å². The van der Waals surface area contributed by atoms with Crippen LogP contribution in [0, 0.1) is 0 Å². The molecule has 0 aliphatic heterocycles. The summed E-state index contributed by atoms with van der Waals surface area (Å²) in [7, 11) is -4.82. The Morgan fingerprint density at radius 1 is 0.491 bits per heavy atom. The smallest absolute Gasteiger partial charge is 0.744 e. The Labute approximate surface area is 359 Å². The van der Waals surface area contributed by atoms with Crippen LogP contribution in [0.3, 0.4) is 0 Å². The van der Waals surface area contributed by atoms with Crippen LogP contribution in [-0.4, -0.2) is 38.1 Å². The summed E-state index contributed by atoms with van der Waals surface area (Å²) in [4.78, 5) is 25.2. The molecule has 0 fully saturated rings. The largest absolute Gasteiger partial charge is 1.00 e. The van der Waals surface area contributed by atoms with Gasteiger partial charge in [-0.3, -0.25) is 0 Å². The zero-order chi connectivity index (χ0) is 39.4. The Morgan fingerprint density at radius 3 is 1.15 bits per heavy atom. The van der Waals surface area contributed by atoms with E-state index in [4.69, 9.17) is 9.47 Å². The number of allylic oxidation sites excluding steroid dienone is 4. The van der Waals surface area contributed by atoms with Crippen molar-refractivity contribution in [3.8, 4) is 0 Å². The van der Waals surface area contributed by atoms with Crippen molar-refractivity contribution < 1.29 is 61.6 Å². The first kappa shape index (κ1) is 53.6. The van der Waals surface area contributed by atoms with E-state index in [0.717, 1.165) is 69.6 Å². The van der Waals surface area contributed by atoms with Crippen molar-refractivity contribution in [3.05, 3.63) is 53.6 Å². The van der Waals surface area contributed by atoms with Gasteiger partial charge in [0.25, 0.3) is 0 Å². The van der Waals surface area contributed by atoms with Gasteiger partial charge >= 0.3 is 41.5 Å². The fraction of sp³-hybridized carbons (Fsp3) is 0.739. The van der Waals surface area contributed by atoms with E-state index < -0.39 is 27.0 Å². The second-order valence-corrected chi connectivity index (χ2v) is 16.4. The number of hydrogen-bond donors (Lipinski definition) is 0. The molecule has 1 rings (SSSR count). The molecule has 0 aliphatic rings. The van der Waals surface area contributed by atoms with Crippen molar-refractivity contribution >= 4 is 22.1 Å². The molecule has 0 saturated carbocycles. The van der Waals surface area contributed by atoms with Gasteiger partial charge in [0.2, 0.25) is 0 Å². The standard InChI is InChI=1S/C46H78O7S.Na/c1-3-5-7-9-11-13-15-17-19-21-23-25-27-29-31-33-35-39-52-45(47)43-38-37-42(54(49,50)51)41-44(43)46(48)53-40-36-34-32-30-28-26-24-22-20-18-16-14-12-10-8-6-4-2;/h25-28,37-38,41H,3-24,29-36,39-40H2,1-2H3,(H,49,50,51);/q;+1/p-1/b27-25+,28-26+;. The quantitative estimate of drug-likeness (QED) is 0.0217. The maximum atomic E-state index is 12.9. The predicted octanol–water partition coefficient (Wildman–Crippen LogP) is 10.8. The van der Waals surface area contributed by atoms with E-state index in [0.29, 0.717) is 12.8 Å². The number of carbonyl (C=O) groups excluding carboxylic acids is 2. The van der Waals surface area contributed by atoms with Crippen LogP contribution in [0.25, 0.3) is 0 Å². The van der Waals surface area contributed by atoms with E-state index in [1.165, 1.54) is 128 Å². The molecule has 0 radical (unpaired) electrons. The minimum absolute atomic E-state index is 0. The molecule has 1 aromatic rings. The van der Waals surface area contributed by atoms with Gasteiger partial charge in [0.1, 0.15) is 10.1 Å². The Hall–Kier alpha value is -1.45. The fourth-order valence-electron chi connectivity index (χ4n) is 6.56. The van der Waals surface area contributed by atoms with Crippen LogP contribution in [0.4, 0.5) is 0 Å². The van der Waals surface area contributed by atoms with Crippen LogP contribution in [0.1, 0.15) is 227 Å². The average molecular weight is 797 g/mol. The molecule has 0 aromatic heterocycles. The van der Waals surface area contributed by atoms with Crippen molar-refractivity contribution in [1.29, 1.82) is 0 Å². The molecule has 0 N–H and O–H groups in total.